The number of benzene rings is 1. The second-order valence-electron chi connectivity index (χ2n) is 8.07. The van der Waals surface area contributed by atoms with Crippen LogP contribution < -0.4 is 0 Å². The van der Waals surface area contributed by atoms with Gasteiger partial charge in [0.2, 0.25) is 15.9 Å². The molecule has 0 aliphatic carbocycles. The lowest BCUT2D eigenvalue weighted by Gasteiger charge is -2.21. The summed E-state index contributed by atoms with van der Waals surface area (Å²) in [5.74, 6) is 0.924. The molecule has 0 unspecified atom stereocenters. The minimum atomic E-state index is -3.51. The van der Waals surface area contributed by atoms with Crippen LogP contribution in [0.5, 0.6) is 0 Å². The molecule has 0 bridgehead atoms. The Morgan fingerprint density at radius 2 is 1.87 bits per heavy atom. The number of imidazole rings is 1. The van der Waals surface area contributed by atoms with Crippen molar-refractivity contribution in [3.63, 3.8) is 0 Å². The smallest absolute Gasteiger partial charge is 0.242 e. The lowest BCUT2D eigenvalue weighted by molar-refractivity contribution is -0.130. The number of carbonyl (C=O) groups excluding carboxylic acids is 1. The van der Waals surface area contributed by atoms with E-state index in [1.54, 1.807) is 23.1 Å². The summed E-state index contributed by atoms with van der Waals surface area (Å²) in [6.07, 6.45) is 3.43. The SMILES string of the molecule is CCn1c(CCC(=O)N(C)CCN2CCCC2)nc2cc(S(=O)(=O)N(C)C)ccc21. The average molecular weight is 436 g/mol. The first-order valence-corrected chi connectivity index (χ1v) is 12.1. The third-order valence-electron chi connectivity index (χ3n) is 5.83. The Hall–Kier alpha value is -1.97. The van der Waals surface area contributed by atoms with Crippen molar-refractivity contribution in [2.24, 2.45) is 0 Å². The van der Waals surface area contributed by atoms with Gasteiger partial charge in [-0.1, -0.05) is 0 Å². The van der Waals surface area contributed by atoms with Crippen LogP contribution in [0.3, 0.4) is 0 Å². The first kappa shape index (κ1) is 22.7. The summed E-state index contributed by atoms with van der Waals surface area (Å²) in [5, 5.41) is 0. The van der Waals surface area contributed by atoms with E-state index in [1.165, 1.54) is 31.2 Å². The van der Waals surface area contributed by atoms with Crippen LogP contribution in [-0.4, -0.2) is 85.3 Å². The van der Waals surface area contributed by atoms with Crippen LogP contribution in [0, 0.1) is 0 Å². The van der Waals surface area contributed by atoms with Gasteiger partial charge in [-0.05, 0) is 51.1 Å². The lowest BCUT2D eigenvalue weighted by Crippen LogP contribution is -2.35. The molecule has 0 spiro atoms. The molecule has 30 heavy (non-hydrogen) atoms. The number of aryl methyl sites for hydroxylation is 2. The first-order chi connectivity index (χ1) is 14.2. The van der Waals surface area contributed by atoms with Crippen molar-refractivity contribution in [2.75, 3.05) is 47.3 Å². The van der Waals surface area contributed by atoms with E-state index in [4.69, 9.17) is 0 Å². The van der Waals surface area contributed by atoms with E-state index >= 15 is 0 Å². The normalized spacial score (nSPS) is 15.4. The van der Waals surface area contributed by atoms with Crippen molar-refractivity contribution in [3.8, 4) is 0 Å². The van der Waals surface area contributed by atoms with Crippen LogP contribution in [-0.2, 0) is 27.8 Å². The van der Waals surface area contributed by atoms with Crippen molar-refractivity contribution < 1.29 is 13.2 Å². The molecule has 166 valence electrons. The molecule has 0 radical (unpaired) electrons. The lowest BCUT2D eigenvalue weighted by atomic mass is 10.2. The molecule has 8 nitrogen and oxygen atoms in total. The molecule has 1 aliphatic heterocycles. The monoisotopic (exact) mass is 435 g/mol. The number of carbonyl (C=O) groups is 1. The largest absolute Gasteiger partial charge is 0.344 e. The second kappa shape index (κ2) is 9.45. The summed E-state index contributed by atoms with van der Waals surface area (Å²) >= 11 is 0. The van der Waals surface area contributed by atoms with Gasteiger partial charge in [0.15, 0.2) is 0 Å². The molecule has 2 aromatic rings. The fourth-order valence-electron chi connectivity index (χ4n) is 3.91. The minimum absolute atomic E-state index is 0.111. The molecule has 3 rings (SSSR count). The third-order valence-corrected chi connectivity index (χ3v) is 7.64. The molecule has 1 fully saturated rings. The van der Waals surface area contributed by atoms with Crippen LogP contribution in [0.25, 0.3) is 11.0 Å². The molecular weight excluding hydrogens is 402 g/mol. The zero-order valence-electron chi connectivity index (χ0n) is 18.5. The molecular formula is C21H33N5O3S. The number of rotatable bonds is 9. The Morgan fingerprint density at radius 1 is 1.17 bits per heavy atom. The second-order valence-corrected chi connectivity index (χ2v) is 10.2. The molecule has 9 heteroatoms. The van der Waals surface area contributed by atoms with Crippen molar-refractivity contribution in [1.82, 2.24) is 23.7 Å². The van der Waals surface area contributed by atoms with Gasteiger partial charge in [-0.25, -0.2) is 17.7 Å². The Bertz CT molecular complexity index is 993. The van der Waals surface area contributed by atoms with Crippen LogP contribution in [0.15, 0.2) is 23.1 Å². The maximum Gasteiger partial charge on any atom is 0.242 e. The number of hydrogen-bond acceptors (Lipinski definition) is 5. The van der Waals surface area contributed by atoms with Crippen molar-refractivity contribution in [3.05, 3.63) is 24.0 Å². The number of nitrogens with zero attached hydrogens (tertiary/aromatic N) is 5. The molecule has 1 amide bonds. The van der Waals surface area contributed by atoms with Crippen LogP contribution in [0.2, 0.25) is 0 Å². The van der Waals surface area contributed by atoms with Gasteiger partial charge in [0.05, 0.1) is 15.9 Å². The van der Waals surface area contributed by atoms with E-state index in [2.05, 4.69) is 14.5 Å². The predicted molar refractivity (Wildman–Crippen MR) is 118 cm³/mol. The van der Waals surface area contributed by atoms with Crippen LogP contribution >= 0.6 is 0 Å². The molecule has 1 aromatic heterocycles. The highest BCUT2D eigenvalue weighted by molar-refractivity contribution is 7.89. The van der Waals surface area contributed by atoms with Gasteiger partial charge in [0.1, 0.15) is 5.82 Å². The first-order valence-electron chi connectivity index (χ1n) is 10.6. The number of sulfonamides is 1. The molecule has 1 aromatic carbocycles. The summed E-state index contributed by atoms with van der Waals surface area (Å²) < 4.78 is 28.1. The van der Waals surface area contributed by atoms with Crippen molar-refractivity contribution in [1.29, 1.82) is 0 Å². The fraction of sp³-hybridized carbons (Fsp3) is 0.619. The number of likely N-dealkylation sites (tertiary alicyclic amines) is 1. The van der Waals surface area contributed by atoms with Gasteiger partial charge in [0, 0.05) is 53.6 Å². The topological polar surface area (TPSA) is 78.8 Å². The predicted octanol–water partition coefficient (Wildman–Crippen LogP) is 1.79. The molecule has 1 saturated heterocycles. The summed E-state index contributed by atoms with van der Waals surface area (Å²) in [5.41, 5.74) is 1.53. The summed E-state index contributed by atoms with van der Waals surface area (Å²) in [4.78, 5) is 21.7. The fourth-order valence-corrected chi connectivity index (χ4v) is 4.83. The molecule has 0 saturated carbocycles. The van der Waals surface area contributed by atoms with Gasteiger partial charge in [-0.15, -0.1) is 0 Å². The van der Waals surface area contributed by atoms with Gasteiger partial charge in [-0.3, -0.25) is 4.79 Å². The van der Waals surface area contributed by atoms with E-state index < -0.39 is 10.0 Å². The maximum absolute atomic E-state index is 12.6. The number of fused-ring (bicyclic) bond motifs is 1. The molecule has 0 atom stereocenters. The number of amides is 1. The van der Waals surface area contributed by atoms with Gasteiger partial charge >= 0.3 is 0 Å². The summed E-state index contributed by atoms with van der Waals surface area (Å²) in [7, 11) is 1.38. The quantitative estimate of drug-likeness (QED) is 0.600. The summed E-state index contributed by atoms with van der Waals surface area (Å²) in [6, 6.07) is 5.03. The molecule has 1 aliphatic rings. The molecule has 2 heterocycles. The van der Waals surface area contributed by atoms with Gasteiger partial charge < -0.3 is 14.4 Å². The highest BCUT2D eigenvalue weighted by atomic mass is 32.2. The Labute approximate surface area is 179 Å². The number of aromatic nitrogens is 2. The Kier molecular flexibility index (Phi) is 7.15. The highest BCUT2D eigenvalue weighted by Crippen LogP contribution is 2.23. The Balaban J connectivity index is 1.69. The number of hydrogen-bond donors (Lipinski definition) is 0. The van der Waals surface area contributed by atoms with Crippen molar-refractivity contribution in [2.45, 2.75) is 44.0 Å². The summed E-state index contributed by atoms with van der Waals surface area (Å²) in [6.45, 7) is 6.68. The van der Waals surface area contributed by atoms with E-state index in [1.807, 2.05) is 14.0 Å². The maximum atomic E-state index is 12.6. The zero-order chi connectivity index (χ0) is 21.9. The third kappa shape index (κ3) is 4.84. The van der Waals surface area contributed by atoms with Crippen molar-refractivity contribution >= 4 is 27.0 Å². The van der Waals surface area contributed by atoms with Crippen LogP contribution in [0.1, 0.15) is 32.0 Å². The van der Waals surface area contributed by atoms with E-state index in [0.29, 0.717) is 24.9 Å². The van der Waals surface area contributed by atoms with E-state index in [9.17, 15) is 13.2 Å². The van der Waals surface area contributed by atoms with Crippen LogP contribution in [0.4, 0.5) is 0 Å². The minimum Gasteiger partial charge on any atom is -0.344 e. The van der Waals surface area contributed by atoms with E-state index in [-0.39, 0.29) is 10.8 Å². The molecule has 0 N–H and O–H groups in total. The standard InChI is InChI=1S/C21H33N5O3S/c1-5-26-19-9-8-17(30(28,29)23(2)3)16-18(19)22-20(26)10-11-21(27)24(4)14-15-25-12-6-7-13-25/h8-9,16H,5-7,10-15H2,1-4H3. The number of likely N-dealkylation sites (N-methyl/N-ethyl adjacent to an activating group) is 1. The average Bonchev–Trinajstić information content (AvgIpc) is 3.36. The Morgan fingerprint density at radius 3 is 2.50 bits per heavy atom. The van der Waals surface area contributed by atoms with E-state index in [0.717, 1.165) is 37.5 Å². The van der Waals surface area contributed by atoms with Gasteiger partial charge in [-0.2, -0.15) is 0 Å². The zero-order valence-corrected chi connectivity index (χ0v) is 19.3. The highest BCUT2D eigenvalue weighted by Gasteiger charge is 2.20. The van der Waals surface area contributed by atoms with Gasteiger partial charge in [0.25, 0.3) is 0 Å².